The average Bonchev–Trinajstić information content (AvgIpc) is 3.00. The second-order valence-corrected chi connectivity index (χ2v) is 7.18. The maximum Gasteiger partial charge on any atom is 0.325 e. The summed E-state index contributed by atoms with van der Waals surface area (Å²) in [7, 11) is 3.05. The predicted octanol–water partition coefficient (Wildman–Crippen LogP) is 1.06. The van der Waals surface area contributed by atoms with Gasteiger partial charge in [-0.15, -0.1) is 0 Å². The second kappa shape index (κ2) is 9.60. The number of imide groups is 1. The molecule has 2 saturated heterocycles. The third-order valence-corrected chi connectivity index (χ3v) is 5.21. The van der Waals surface area contributed by atoms with Gasteiger partial charge >= 0.3 is 6.03 Å². The molecule has 0 aromatic heterocycles. The van der Waals surface area contributed by atoms with Gasteiger partial charge in [0, 0.05) is 19.8 Å². The first-order valence-electron chi connectivity index (χ1n) is 9.69. The van der Waals surface area contributed by atoms with Crippen LogP contribution < -0.4 is 20.1 Å². The molecule has 3 rings (SSSR count). The maximum absolute atomic E-state index is 12.6. The van der Waals surface area contributed by atoms with Gasteiger partial charge in [0.25, 0.3) is 5.91 Å². The SMILES string of the molecule is COc1ccc(CN2C(=O)NC(CC(=O)NCC3CCOCC3)C2=O)cc1OC. The van der Waals surface area contributed by atoms with E-state index in [4.69, 9.17) is 14.2 Å². The molecule has 4 amide bonds. The molecule has 2 fully saturated rings. The highest BCUT2D eigenvalue weighted by Gasteiger charge is 2.39. The normalized spacial score (nSPS) is 19.8. The number of hydrogen-bond donors (Lipinski definition) is 2. The summed E-state index contributed by atoms with van der Waals surface area (Å²) in [6.45, 7) is 2.07. The number of nitrogens with one attached hydrogen (secondary N) is 2. The van der Waals surface area contributed by atoms with Crippen molar-refractivity contribution in [1.29, 1.82) is 0 Å². The summed E-state index contributed by atoms with van der Waals surface area (Å²) in [6, 6.07) is 3.83. The van der Waals surface area contributed by atoms with E-state index in [2.05, 4.69) is 10.6 Å². The van der Waals surface area contributed by atoms with Crippen LogP contribution in [-0.4, -0.2) is 62.8 Å². The first kappa shape index (κ1) is 20.9. The topological polar surface area (TPSA) is 106 Å². The number of benzene rings is 1. The molecule has 2 aliphatic rings. The lowest BCUT2D eigenvalue weighted by atomic mass is 10.0. The Labute approximate surface area is 169 Å². The van der Waals surface area contributed by atoms with E-state index in [1.807, 2.05) is 0 Å². The Morgan fingerprint density at radius 2 is 1.93 bits per heavy atom. The first-order valence-corrected chi connectivity index (χ1v) is 9.69. The van der Waals surface area contributed by atoms with Gasteiger partial charge in [-0.05, 0) is 36.5 Å². The highest BCUT2D eigenvalue weighted by molar-refractivity contribution is 6.05. The molecule has 9 heteroatoms. The number of rotatable bonds is 8. The van der Waals surface area contributed by atoms with E-state index in [9.17, 15) is 14.4 Å². The van der Waals surface area contributed by atoms with Gasteiger partial charge in [-0.2, -0.15) is 0 Å². The summed E-state index contributed by atoms with van der Waals surface area (Å²) >= 11 is 0. The number of nitrogens with zero attached hydrogens (tertiary/aromatic N) is 1. The maximum atomic E-state index is 12.6. The van der Waals surface area contributed by atoms with Crippen LogP contribution in [0.2, 0.25) is 0 Å². The fourth-order valence-electron chi connectivity index (χ4n) is 3.49. The first-order chi connectivity index (χ1) is 14.0. The Hall–Kier alpha value is -2.81. The number of methoxy groups -OCH3 is 2. The molecule has 0 spiro atoms. The number of amides is 4. The number of carbonyl (C=O) groups is 3. The van der Waals surface area contributed by atoms with Crippen molar-refractivity contribution in [2.75, 3.05) is 34.0 Å². The van der Waals surface area contributed by atoms with Gasteiger partial charge in [0.1, 0.15) is 6.04 Å². The summed E-state index contributed by atoms with van der Waals surface area (Å²) in [5.74, 6) is 0.811. The van der Waals surface area contributed by atoms with Crippen LogP contribution in [0.3, 0.4) is 0 Å². The van der Waals surface area contributed by atoms with Crippen molar-refractivity contribution in [2.24, 2.45) is 5.92 Å². The van der Waals surface area contributed by atoms with Gasteiger partial charge in [-0.1, -0.05) is 6.07 Å². The third-order valence-electron chi connectivity index (χ3n) is 5.21. The van der Waals surface area contributed by atoms with E-state index in [-0.39, 0.29) is 18.9 Å². The summed E-state index contributed by atoms with van der Waals surface area (Å²) in [5.41, 5.74) is 0.718. The Morgan fingerprint density at radius 1 is 1.21 bits per heavy atom. The molecule has 1 atom stereocenters. The van der Waals surface area contributed by atoms with Crippen LogP contribution in [0.25, 0.3) is 0 Å². The van der Waals surface area contributed by atoms with Crippen LogP contribution in [0.5, 0.6) is 11.5 Å². The highest BCUT2D eigenvalue weighted by atomic mass is 16.5. The molecule has 29 heavy (non-hydrogen) atoms. The van der Waals surface area contributed by atoms with Crippen LogP contribution in [0.1, 0.15) is 24.8 Å². The Morgan fingerprint density at radius 3 is 2.62 bits per heavy atom. The summed E-state index contributed by atoms with van der Waals surface area (Å²) < 4.78 is 15.8. The van der Waals surface area contributed by atoms with Crippen LogP contribution in [-0.2, 0) is 20.9 Å². The second-order valence-electron chi connectivity index (χ2n) is 7.18. The van der Waals surface area contributed by atoms with Crippen LogP contribution in [0.4, 0.5) is 4.79 Å². The lowest BCUT2D eigenvalue weighted by Gasteiger charge is -2.22. The quantitative estimate of drug-likeness (QED) is 0.627. The third kappa shape index (κ3) is 5.17. The Bertz CT molecular complexity index is 763. The molecule has 158 valence electrons. The van der Waals surface area contributed by atoms with E-state index in [0.717, 1.165) is 23.3 Å². The van der Waals surface area contributed by atoms with Crippen molar-refractivity contribution in [1.82, 2.24) is 15.5 Å². The van der Waals surface area contributed by atoms with E-state index < -0.39 is 18.0 Å². The van der Waals surface area contributed by atoms with E-state index in [1.165, 1.54) is 14.2 Å². The van der Waals surface area contributed by atoms with Crippen molar-refractivity contribution in [3.05, 3.63) is 23.8 Å². The average molecular weight is 405 g/mol. The molecular weight excluding hydrogens is 378 g/mol. The lowest BCUT2D eigenvalue weighted by molar-refractivity contribution is -0.131. The summed E-state index contributed by atoms with van der Waals surface area (Å²) in [5, 5.41) is 5.45. The number of hydrogen-bond acceptors (Lipinski definition) is 6. The molecule has 0 radical (unpaired) electrons. The van der Waals surface area contributed by atoms with Crippen molar-refractivity contribution in [3.63, 3.8) is 0 Å². The molecule has 0 saturated carbocycles. The van der Waals surface area contributed by atoms with Crippen molar-refractivity contribution >= 4 is 17.8 Å². The zero-order valence-corrected chi connectivity index (χ0v) is 16.7. The van der Waals surface area contributed by atoms with Gasteiger partial charge in [0.05, 0.1) is 27.2 Å². The standard InChI is InChI=1S/C20H27N3O6/c1-27-16-4-3-14(9-17(16)28-2)12-23-19(25)15(22-20(23)26)10-18(24)21-11-13-5-7-29-8-6-13/h3-4,9,13,15H,5-8,10-12H2,1-2H3,(H,21,24)(H,22,26). The van der Waals surface area contributed by atoms with Gasteiger partial charge in [-0.25, -0.2) is 4.79 Å². The van der Waals surface area contributed by atoms with Crippen LogP contribution in [0.15, 0.2) is 18.2 Å². The van der Waals surface area contributed by atoms with E-state index in [0.29, 0.717) is 37.2 Å². The molecule has 0 aliphatic carbocycles. The van der Waals surface area contributed by atoms with Crippen molar-refractivity contribution < 1.29 is 28.6 Å². The molecule has 1 unspecified atom stereocenters. The predicted molar refractivity (Wildman–Crippen MR) is 104 cm³/mol. The smallest absolute Gasteiger partial charge is 0.325 e. The molecule has 1 aromatic rings. The van der Waals surface area contributed by atoms with Gasteiger partial charge in [0.2, 0.25) is 5.91 Å². The largest absolute Gasteiger partial charge is 0.493 e. The van der Waals surface area contributed by atoms with E-state index >= 15 is 0 Å². The minimum absolute atomic E-state index is 0.0732. The zero-order valence-electron chi connectivity index (χ0n) is 16.7. The van der Waals surface area contributed by atoms with Crippen molar-refractivity contribution in [2.45, 2.75) is 31.8 Å². The Balaban J connectivity index is 1.54. The monoisotopic (exact) mass is 405 g/mol. The van der Waals surface area contributed by atoms with Gasteiger partial charge in [-0.3, -0.25) is 14.5 Å². The fraction of sp³-hybridized carbons (Fsp3) is 0.550. The summed E-state index contributed by atoms with van der Waals surface area (Å²) in [6.07, 6.45) is 1.76. The minimum Gasteiger partial charge on any atom is -0.493 e. The van der Waals surface area contributed by atoms with Gasteiger partial charge in [0.15, 0.2) is 11.5 Å². The van der Waals surface area contributed by atoms with Crippen LogP contribution >= 0.6 is 0 Å². The van der Waals surface area contributed by atoms with Crippen molar-refractivity contribution in [3.8, 4) is 11.5 Å². The molecule has 2 N–H and O–H groups in total. The van der Waals surface area contributed by atoms with Gasteiger partial charge < -0.3 is 24.8 Å². The number of urea groups is 1. The highest BCUT2D eigenvalue weighted by Crippen LogP contribution is 2.28. The lowest BCUT2D eigenvalue weighted by Crippen LogP contribution is -2.38. The molecule has 0 bridgehead atoms. The molecule has 2 heterocycles. The fourth-order valence-corrected chi connectivity index (χ4v) is 3.49. The van der Waals surface area contributed by atoms with E-state index in [1.54, 1.807) is 18.2 Å². The number of carbonyl (C=O) groups excluding carboxylic acids is 3. The molecule has 2 aliphatic heterocycles. The molecule has 1 aromatic carbocycles. The Kier molecular flexibility index (Phi) is 6.92. The summed E-state index contributed by atoms with van der Waals surface area (Å²) in [4.78, 5) is 38.2. The zero-order chi connectivity index (χ0) is 20.8. The minimum atomic E-state index is -0.850. The molecule has 9 nitrogen and oxygen atoms in total. The van der Waals surface area contributed by atoms with Crippen LogP contribution in [0, 0.1) is 5.92 Å². The number of ether oxygens (including phenoxy) is 3. The molecular formula is C20H27N3O6.